The van der Waals surface area contributed by atoms with Crippen molar-refractivity contribution < 1.29 is 9.47 Å². The summed E-state index contributed by atoms with van der Waals surface area (Å²) in [6.45, 7) is 0.293. The van der Waals surface area contributed by atoms with Crippen LogP contribution in [0.25, 0.3) is 0 Å². The Kier molecular flexibility index (Phi) is 7.91. The summed E-state index contributed by atoms with van der Waals surface area (Å²) in [4.78, 5) is 0. The first kappa shape index (κ1) is 10.9. The van der Waals surface area contributed by atoms with Crippen LogP contribution in [0.1, 0.15) is 12.8 Å². The van der Waals surface area contributed by atoms with Gasteiger partial charge in [-0.25, -0.2) is 0 Å². The zero-order valence-electron chi connectivity index (χ0n) is 6.55. The van der Waals surface area contributed by atoms with E-state index in [0.29, 0.717) is 13.2 Å². The summed E-state index contributed by atoms with van der Waals surface area (Å²) in [5, 5.41) is 9.03. The monoisotopic (exact) mass is 221 g/mol. The van der Waals surface area contributed by atoms with Crippen LogP contribution in [0.4, 0.5) is 0 Å². The van der Waals surface area contributed by atoms with Crippen LogP contribution in [-0.2, 0) is 9.47 Å². The largest absolute Gasteiger partial charge is 0.359 e. The van der Waals surface area contributed by atoms with Crippen LogP contribution in [0, 0.1) is 11.3 Å². The van der Waals surface area contributed by atoms with Gasteiger partial charge in [0.25, 0.3) is 0 Å². The van der Waals surface area contributed by atoms with E-state index in [4.69, 9.17) is 14.7 Å². The molecule has 0 spiro atoms. The van der Waals surface area contributed by atoms with E-state index in [1.54, 1.807) is 7.11 Å². The van der Waals surface area contributed by atoms with Gasteiger partial charge in [0.2, 0.25) is 0 Å². The lowest BCUT2D eigenvalue weighted by atomic mass is 10.2. The second-order valence-electron chi connectivity index (χ2n) is 2.05. The number of rotatable bonds is 6. The standard InChI is InChI=1S/C7H12BrNO2/c1-10-6-11-7(5-8)3-2-4-9/h7H,2-3,5-6H2,1H3/t7-/m0/s1. The van der Waals surface area contributed by atoms with Crippen molar-refractivity contribution >= 4 is 15.9 Å². The summed E-state index contributed by atoms with van der Waals surface area (Å²) in [6.07, 6.45) is 1.38. The Morgan fingerprint density at radius 2 is 2.36 bits per heavy atom. The Morgan fingerprint density at radius 1 is 1.64 bits per heavy atom. The Morgan fingerprint density at radius 3 is 2.82 bits per heavy atom. The molecule has 0 unspecified atom stereocenters. The lowest BCUT2D eigenvalue weighted by Gasteiger charge is -2.12. The number of nitriles is 1. The predicted molar refractivity (Wildman–Crippen MR) is 45.4 cm³/mol. The number of nitrogens with zero attached hydrogens (tertiary/aromatic N) is 1. The first-order valence-corrected chi connectivity index (χ1v) is 4.50. The molecule has 0 aromatic carbocycles. The number of ether oxygens (including phenoxy) is 2. The second-order valence-corrected chi connectivity index (χ2v) is 2.69. The number of halogens is 1. The highest BCUT2D eigenvalue weighted by Gasteiger charge is 2.05. The van der Waals surface area contributed by atoms with Gasteiger partial charge in [-0.2, -0.15) is 5.26 Å². The zero-order chi connectivity index (χ0) is 8.53. The minimum Gasteiger partial charge on any atom is -0.359 e. The average molecular weight is 222 g/mol. The lowest BCUT2D eigenvalue weighted by Crippen LogP contribution is -2.15. The lowest BCUT2D eigenvalue weighted by molar-refractivity contribution is -0.0647. The van der Waals surface area contributed by atoms with E-state index in [-0.39, 0.29) is 6.10 Å². The molecular formula is C7H12BrNO2. The van der Waals surface area contributed by atoms with Crippen LogP contribution in [-0.4, -0.2) is 25.3 Å². The van der Waals surface area contributed by atoms with Crippen LogP contribution in [0.15, 0.2) is 0 Å². The molecule has 64 valence electrons. The van der Waals surface area contributed by atoms with Gasteiger partial charge in [0.1, 0.15) is 6.79 Å². The quantitative estimate of drug-likeness (QED) is 0.507. The van der Waals surface area contributed by atoms with Crippen molar-refractivity contribution in [3.63, 3.8) is 0 Å². The Bertz CT molecular complexity index is 124. The molecule has 0 aromatic rings. The normalized spacial score (nSPS) is 12.5. The molecule has 0 rings (SSSR count). The van der Waals surface area contributed by atoms with Crippen LogP contribution in [0.2, 0.25) is 0 Å². The Balaban J connectivity index is 3.34. The topological polar surface area (TPSA) is 42.2 Å². The maximum absolute atomic E-state index is 8.28. The van der Waals surface area contributed by atoms with Gasteiger partial charge in [-0.05, 0) is 6.42 Å². The fourth-order valence-electron chi connectivity index (χ4n) is 0.595. The van der Waals surface area contributed by atoms with E-state index >= 15 is 0 Å². The average Bonchev–Trinajstić information content (AvgIpc) is 2.05. The van der Waals surface area contributed by atoms with Crippen molar-refractivity contribution in [1.29, 1.82) is 5.26 Å². The molecule has 0 saturated heterocycles. The van der Waals surface area contributed by atoms with E-state index in [0.717, 1.165) is 11.8 Å². The molecule has 0 N–H and O–H groups in total. The SMILES string of the molecule is COCO[C@H](CBr)CCC#N. The fraction of sp³-hybridized carbons (Fsp3) is 0.857. The highest BCUT2D eigenvalue weighted by molar-refractivity contribution is 9.09. The van der Waals surface area contributed by atoms with Crippen molar-refractivity contribution in [3.8, 4) is 6.07 Å². The van der Waals surface area contributed by atoms with Crippen LogP contribution in [0.5, 0.6) is 0 Å². The summed E-state index contributed by atoms with van der Waals surface area (Å²) >= 11 is 3.29. The minimum atomic E-state index is 0.0922. The molecule has 0 aliphatic heterocycles. The first-order valence-electron chi connectivity index (χ1n) is 3.38. The number of hydrogen-bond acceptors (Lipinski definition) is 3. The van der Waals surface area contributed by atoms with Gasteiger partial charge in [-0.3, -0.25) is 0 Å². The van der Waals surface area contributed by atoms with E-state index < -0.39 is 0 Å². The van der Waals surface area contributed by atoms with Gasteiger partial charge in [0, 0.05) is 18.9 Å². The molecule has 0 bridgehead atoms. The zero-order valence-corrected chi connectivity index (χ0v) is 8.13. The molecule has 0 aliphatic carbocycles. The molecule has 0 aromatic heterocycles. The van der Waals surface area contributed by atoms with Crippen molar-refractivity contribution in [2.45, 2.75) is 18.9 Å². The minimum absolute atomic E-state index is 0.0922. The molecule has 1 atom stereocenters. The molecule has 0 aliphatic rings. The second kappa shape index (κ2) is 7.99. The van der Waals surface area contributed by atoms with Gasteiger partial charge in [0.15, 0.2) is 0 Å². The Labute approximate surface area is 75.4 Å². The summed E-state index contributed by atoms with van der Waals surface area (Å²) in [5.74, 6) is 0. The predicted octanol–water partition coefficient (Wildman–Crippen LogP) is 1.67. The molecule has 3 nitrogen and oxygen atoms in total. The summed E-state index contributed by atoms with van der Waals surface area (Å²) in [7, 11) is 1.58. The van der Waals surface area contributed by atoms with Crippen molar-refractivity contribution in [2.24, 2.45) is 0 Å². The molecule has 0 amide bonds. The van der Waals surface area contributed by atoms with E-state index in [9.17, 15) is 0 Å². The molecule has 0 fully saturated rings. The van der Waals surface area contributed by atoms with E-state index in [1.807, 2.05) is 0 Å². The van der Waals surface area contributed by atoms with Crippen molar-refractivity contribution in [2.75, 3.05) is 19.2 Å². The molecule has 4 heteroatoms. The number of hydrogen-bond donors (Lipinski definition) is 0. The third-order valence-electron chi connectivity index (χ3n) is 1.17. The maximum atomic E-state index is 8.28. The van der Waals surface area contributed by atoms with Gasteiger partial charge >= 0.3 is 0 Å². The van der Waals surface area contributed by atoms with Crippen LogP contribution < -0.4 is 0 Å². The van der Waals surface area contributed by atoms with Gasteiger partial charge in [0.05, 0.1) is 12.2 Å². The maximum Gasteiger partial charge on any atom is 0.146 e. The molecular weight excluding hydrogens is 210 g/mol. The van der Waals surface area contributed by atoms with Gasteiger partial charge < -0.3 is 9.47 Å². The Hall–Kier alpha value is -0.110. The van der Waals surface area contributed by atoms with Crippen molar-refractivity contribution in [1.82, 2.24) is 0 Å². The van der Waals surface area contributed by atoms with Gasteiger partial charge in [-0.15, -0.1) is 0 Å². The first-order chi connectivity index (χ1) is 5.35. The molecule has 0 heterocycles. The third-order valence-corrected chi connectivity index (χ3v) is 1.89. The van der Waals surface area contributed by atoms with Crippen LogP contribution in [0.3, 0.4) is 0 Å². The highest BCUT2D eigenvalue weighted by atomic mass is 79.9. The van der Waals surface area contributed by atoms with E-state index in [1.165, 1.54) is 0 Å². The van der Waals surface area contributed by atoms with Crippen LogP contribution >= 0.6 is 15.9 Å². The number of alkyl halides is 1. The molecule has 0 radical (unpaired) electrons. The summed E-state index contributed by atoms with van der Waals surface area (Å²) in [6, 6.07) is 2.07. The smallest absolute Gasteiger partial charge is 0.146 e. The molecule has 11 heavy (non-hydrogen) atoms. The van der Waals surface area contributed by atoms with Gasteiger partial charge in [-0.1, -0.05) is 15.9 Å². The van der Waals surface area contributed by atoms with Crippen molar-refractivity contribution in [3.05, 3.63) is 0 Å². The highest BCUT2D eigenvalue weighted by Crippen LogP contribution is 2.04. The molecule has 0 saturated carbocycles. The fourth-order valence-corrected chi connectivity index (χ4v) is 1.11. The summed E-state index contributed by atoms with van der Waals surface area (Å²) < 4.78 is 9.95. The third kappa shape index (κ3) is 6.29. The van der Waals surface area contributed by atoms with E-state index in [2.05, 4.69) is 22.0 Å². The summed E-state index contributed by atoms with van der Waals surface area (Å²) in [5.41, 5.74) is 0. The number of methoxy groups -OCH3 is 1.